The third-order valence-corrected chi connectivity index (χ3v) is 2.38. The van der Waals surface area contributed by atoms with Gasteiger partial charge in [0.05, 0.1) is 6.61 Å². The van der Waals surface area contributed by atoms with Crippen LogP contribution < -0.4 is 11.2 Å². The van der Waals surface area contributed by atoms with Gasteiger partial charge in [-0.05, 0) is 18.1 Å². The van der Waals surface area contributed by atoms with Gasteiger partial charge in [-0.25, -0.2) is 15.3 Å². The van der Waals surface area contributed by atoms with E-state index in [-0.39, 0.29) is 5.95 Å². The van der Waals surface area contributed by atoms with Crippen LogP contribution in [0.4, 0.5) is 5.95 Å². The molecule has 0 bridgehead atoms. The molecule has 0 spiro atoms. The van der Waals surface area contributed by atoms with Crippen LogP contribution in [0, 0.1) is 0 Å². The van der Waals surface area contributed by atoms with E-state index in [4.69, 9.17) is 16.4 Å². The van der Waals surface area contributed by atoms with Gasteiger partial charge >= 0.3 is 5.76 Å². The maximum Gasteiger partial charge on any atom is 0.461 e. The molecule has 0 aromatic carbocycles. The highest BCUT2D eigenvalue weighted by Gasteiger charge is 2.03. The molecule has 0 unspecified atom stereocenters. The Morgan fingerprint density at radius 3 is 3.00 bits per heavy atom. The molecule has 0 saturated carbocycles. The van der Waals surface area contributed by atoms with Crippen LogP contribution in [0.1, 0.15) is 5.56 Å². The Hall–Kier alpha value is -1.86. The number of aryl methyl sites for hydroxylation is 1. The maximum absolute atomic E-state index is 10.8. The highest BCUT2D eigenvalue weighted by molar-refractivity contribution is 6.29. The van der Waals surface area contributed by atoms with Gasteiger partial charge in [0, 0.05) is 13.2 Å². The number of pyridine rings is 1. The summed E-state index contributed by atoms with van der Waals surface area (Å²) in [5.74, 6) is -0.459. The quantitative estimate of drug-likeness (QED) is 0.496. The molecule has 2 heterocycles. The minimum absolute atomic E-state index is 0.217. The van der Waals surface area contributed by atoms with Crippen LogP contribution in [0.3, 0.4) is 0 Å². The second-order valence-electron chi connectivity index (χ2n) is 3.48. The molecule has 0 atom stereocenters. The van der Waals surface area contributed by atoms with Crippen molar-refractivity contribution in [2.75, 3.05) is 12.1 Å². The minimum Gasteiger partial charge on any atom is -0.317 e. The molecule has 0 fully saturated rings. The van der Waals surface area contributed by atoms with E-state index in [1.165, 1.54) is 4.74 Å². The molecule has 0 aliphatic heterocycles. The Balaban J connectivity index is 1.78. The summed E-state index contributed by atoms with van der Waals surface area (Å²) in [5, 5.41) is 0.454. The number of aromatic nitrogens is 3. The summed E-state index contributed by atoms with van der Waals surface area (Å²) in [6.45, 7) is 0.393. The summed E-state index contributed by atoms with van der Waals surface area (Å²) in [4.78, 5) is 23.4. The fourth-order valence-electron chi connectivity index (χ4n) is 1.26. The average Bonchev–Trinajstić information content (AvgIpc) is 2.66. The van der Waals surface area contributed by atoms with Gasteiger partial charge in [0.2, 0.25) is 0 Å². The van der Waals surface area contributed by atoms with E-state index >= 15 is 0 Å². The molecule has 2 rings (SSSR count). The smallest absolute Gasteiger partial charge is 0.317 e. The molecule has 8 heteroatoms. The lowest BCUT2D eigenvalue weighted by Gasteiger charge is -2.04. The van der Waals surface area contributed by atoms with Crippen LogP contribution in [0.25, 0.3) is 0 Å². The van der Waals surface area contributed by atoms with Crippen molar-refractivity contribution in [3.63, 3.8) is 0 Å². The van der Waals surface area contributed by atoms with Crippen molar-refractivity contribution in [1.82, 2.24) is 14.7 Å². The Morgan fingerprint density at radius 2 is 2.39 bits per heavy atom. The van der Waals surface area contributed by atoms with Gasteiger partial charge in [-0.2, -0.15) is 4.74 Å². The monoisotopic (exact) mass is 270 g/mol. The van der Waals surface area contributed by atoms with Crippen molar-refractivity contribution in [3.8, 4) is 0 Å². The number of nitrogens with one attached hydrogen (secondary N) is 1. The summed E-state index contributed by atoms with van der Waals surface area (Å²) in [5.41, 5.74) is 3.52. The Labute approximate surface area is 107 Å². The van der Waals surface area contributed by atoms with Crippen molar-refractivity contribution >= 4 is 17.5 Å². The zero-order valence-corrected chi connectivity index (χ0v) is 10.3. The van der Waals surface area contributed by atoms with Gasteiger partial charge in [-0.3, -0.25) is 4.84 Å². The summed E-state index contributed by atoms with van der Waals surface area (Å²) in [7, 11) is 1.54. The summed E-state index contributed by atoms with van der Waals surface area (Å²) in [6, 6.07) is 3.58. The second kappa shape index (κ2) is 5.65. The standard InChI is InChI=1S/C10H11ClN4O3/c1-15-9(13-10(16)18-15)14-17-5-4-7-2-3-8(11)12-6-7/h2-3,6H,4-5H2,1H3,(H,13,14,16). The van der Waals surface area contributed by atoms with Crippen LogP contribution in [0.5, 0.6) is 0 Å². The fourth-order valence-corrected chi connectivity index (χ4v) is 1.38. The topological polar surface area (TPSA) is 82.2 Å². The lowest BCUT2D eigenvalue weighted by molar-refractivity contribution is 0.187. The lowest BCUT2D eigenvalue weighted by Crippen LogP contribution is -2.09. The summed E-state index contributed by atoms with van der Waals surface area (Å²) < 4.78 is 5.81. The normalized spacial score (nSPS) is 10.6. The number of nitrogens with zero attached hydrogens (tertiary/aromatic N) is 3. The van der Waals surface area contributed by atoms with Crippen molar-refractivity contribution in [1.29, 1.82) is 0 Å². The molecule has 0 radical (unpaired) electrons. The zero-order chi connectivity index (χ0) is 13.0. The third kappa shape index (κ3) is 3.31. The van der Waals surface area contributed by atoms with Crippen LogP contribution >= 0.6 is 11.6 Å². The highest BCUT2D eigenvalue weighted by atomic mass is 35.5. The molecular weight excluding hydrogens is 260 g/mol. The van der Waals surface area contributed by atoms with Crippen LogP contribution in [0.15, 0.2) is 27.6 Å². The lowest BCUT2D eigenvalue weighted by atomic mass is 10.2. The number of hydrogen-bond acceptors (Lipinski definition) is 6. The third-order valence-electron chi connectivity index (χ3n) is 2.16. The molecule has 96 valence electrons. The Morgan fingerprint density at radius 1 is 1.56 bits per heavy atom. The van der Waals surface area contributed by atoms with Gasteiger partial charge in [0.15, 0.2) is 0 Å². The maximum atomic E-state index is 10.8. The first-order chi connectivity index (χ1) is 8.65. The molecule has 0 saturated heterocycles. The predicted molar refractivity (Wildman–Crippen MR) is 64.3 cm³/mol. The molecule has 2 aromatic rings. The first-order valence-electron chi connectivity index (χ1n) is 5.18. The number of hydrogen-bond donors (Lipinski definition) is 1. The van der Waals surface area contributed by atoms with E-state index < -0.39 is 5.76 Å². The van der Waals surface area contributed by atoms with Crippen LogP contribution in [0.2, 0.25) is 5.15 Å². The van der Waals surface area contributed by atoms with Gasteiger partial charge < -0.3 is 4.52 Å². The highest BCUT2D eigenvalue weighted by Crippen LogP contribution is 2.06. The number of rotatable bonds is 5. The van der Waals surface area contributed by atoms with E-state index in [1.807, 2.05) is 6.07 Å². The van der Waals surface area contributed by atoms with Crippen LogP contribution in [-0.2, 0) is 18.3 Å². The molecular formula is C10H11ClN4O3. The van der Waals surface area contributed by atoms with Crippen LogP contribution in [-0.4, -0.2) is 21.3 Å². The first kappa shape index (κ1) is 12.6. The summed E-state index contributed by atoms with van der Waals surface area (Å²) in [6.07, 6.45) is 2.33. The molecule has 1 N–H and O–H groups in total. The van der Waals surface area contributed by atoms with Gasteiger partial charge in [-0.15, -0.1) is 4.98 Å². The number of halogens is 1. The second-order valence-corrected chi connectivity index (χ2v) is 3.87. The van der Waals surface area contributed by atoms with E-state index in [9.17, 15) is 4.79 Å². The van der Waals surface area contributed by atoms with Crippen molar-refractivity contribution in [3.05, 3.63) is 39.6 Å². The summed E-state index contributed by atoms with van der Waals surface area (Å²) >= 11 is 5.67. The Kier molecular flexibility index (Phi) is 3.96. The Bertz CT molecular complexity index is 563. The molecule has 0 aliphatic rings. The van der Waals surface area contributed by atoms with Crippen molar-refractivity contribution in [2.45, 2.75) is 6.42 Å². The molecule has 0 amide bonds. The van der Waals surface area contributed by atoms with Crippen molar-refractivity contribution in [2.24, 2.45) is 7.05 Å². The van der Waals surface area contributed by atoms with Gasteiger partial charge in [0.25, 0.3) is 5.95 Å². The van der Waals surface area contributed by atoms with E-state index in [2.05, 4.69) is 20.0 Å². The fraction of sp³-hybridized carbons (Fsp3) is 0.300. The van der Waals surface area contributed by atoms with Gasteiger partial charge in [-0.1, -0.05) is 17.7 Å². The molecule has 18 heavy (non-hydrogen) atoms. The zero-order valence-electron chi connectivity index (χ0n) is 9.59. The van der Waals surface area contributed by atoms with E-state index in [1.54, 1.807) is 19.3 Å². The molecule has 0 aliphatic carbocycles. The molecule has 7 nitrogen and oxygen atoms in total. The van der Waals surface area contributed by atoms with E-state index in [0.717, 1.165) is 5.56 Å². The van der Waals surface area contributed by atoms with Crippen molar-refractivity contribution < 1.29 is 9.36 Å². The minimum atomic E-state index is -0.675. The van der Waals surface area contributed by atoms with E-state index in [0.29, 0.717) is 18.2 Å². The predicted octanol–water partition coefficient (Wildman–Crippen LogP) is 1.01. The first-order valence-corrected chi connectivity index (χ1v) is 5.55. The SMILES string of the molecule is Cn1oc(=O)nc1NOCCc1ccc(Cl)nc1. The van der Waals surface area contributed by atoms with Gasteiger partial charge in [0.1, 0.15) is 5.15 Å². The average molecular weight is 271 g/mol. The largest absolute Gasteiger partial charge is 0.461 e. The molecule has 2 aromatic heterocycles. The number of anilines is 1.